The van der Waals surface area contributed by atoms with Gasteiger partial charge in [0.1, 0.15) is 12.1 Å². The third kappa shape index (κ3) is 1.72. The van der Waals surface area contributed by atoms with Gasteiger partial charge in [-0.25, -0.2) is 5.21 Å². The molecule has 0 bridgehead atoms. The van der Waals surface area contributed by atoms with Crippen LogP contribution >= 0.6 is 0 Å². The van der Waals surface area contributed by atoms with E-state index in [2.05, 4.69) is 0 Å². The average molecular weight is 160 g/mol. The van der Waals surface area contributed by atoms with E-state index in [0.717, 1.165) is 19.6 Å². The highest BCUT2D eigenvalue weighted by atomic mass is 16.6. The molecule has 0 unspecified atom stereocenters. The van der Waals surface area contributed by atoms with Gasteiger partial charge in [0.25, 0.3) is 0 Å². The van der Waals surface area contributed by atoms with Gasteiger partial charge in [0.2, 0.25) is 6.73 Å². The summed E-state index contributed by atoms with van der Waals surface area (Å²) in [7, 11) is 0. The SMILES string of the molecule is CC(C)(C)[N@+]1(O)CCCOC1. The second-order valence-corrected chi connectivity index (χ2v) is 4.21. The minimum absolute atomic E-state index is 0.0486. The summed E-state index contributed by atoms with van der Waals surface area (Å²) in [5.74, 6) is 0. The lowest BCUT2D eigenvalue weighted by Gasteiger charge is -2.42. The molecular weight excluding hydrogens is 142 g/mol. The van der Waals surface area contributed by atoms with E-state index in [1.807, 2.05) is 20.8 Å². The molecule has 3 heteroatoms. The van der Waals surface area contributed by atoms with Crippen molar-refractivity contribution in [2.24, 2.45) is 0 Å². The van der Waals surface area contributed by atoms with Gasteiger partial charge >= 0.3 is 0 Å². The van der Waals surface area contributed by atoms with E-state index in [-0.39, 0.29) is 10.2 Å². The van der Waals surface area contributed by atoms with E-state index in [0.29, 0.717) is 6.73 Å². The fourth-order valence-electron chi connectivity index (χ4n) is 1.24. The molecule has 0 spiro atoms. The van der Waals surface area contributed by atoms with Gasteiger partial charge < -0.3 is 4.74 Å². The third-order valence-corrected chi connectivity index (χ3v) is 2.37. The van der Waals surface area contributed by atoms with Crippen molar-refractivity contribution < 1.29 is 14.6 Å². The molecule has 1 saturated heterocycles. The first-order chi connectivity index (χ1) is 4.96. The van der Waals surface area contributed by atoms with Crippen LogP contribution < -0.4 is 0 Å². The van der Waals surface area contributed by atoms with E-state index >= 15 is 0 Å². The molecule has 0 aromatic heterocycles. The Morgan fingerprint density at radius 3 is 2.27 bits per heavy atom. The zero-order valence-electron chi connectivity index (χ0n) is 7.63. The van der Waals surface area contributed by atoms with Crippen molar-refractivity contribution in [2.75, 3.05) is 19.9 Å². The van der Waals surface area contributed by atoms with Crippen LogP contribution in [0, 0.1) is 0 Å². The third-order valence-electron chi connectivity index (χ3n) is 2.37. The van der Waals surface area contributed by atoms with E-state index in [9.17, 15) is 5.21 Å². The molecule has 1 aliphatic rings. The molecule has 0 aliphatic carbocycles. The number of rotatable bonds is 0. The molecule has 1 N–H and O–H groups in total. The van der Waals surface area contributed by atoms with Crippen LogP contribution in [0.5, 0.6) is 0 Å². The van der Waals surface area contributed by atoms with Crippen molar-refractivity contribution >= 4 is 0 Å². The van der Waals surface area contributed by atoms with E-state index in [4.69, 9.17) is 4.74 Å². The molecule has 1 rings (SSSR count). The Hall–Kier alpha value is -0.120. The number of hydrogen-bond acceptors (Lipinski definition) is 2. The maximum atomic E-state index is 10.0. The van der Waals surface area contributed by atoms with Gasteiger partial charge in [0.05, 0.1) is 6.61 Å². The highest BCUT2D eigenvalue weighted by Gasteiger charge is 2.41. The molecule has 1 fully saturated rings. The first-order valence-electron chi connectivity index (χ1n) is 4.13. The molecular formula is C8H18NO2+. The van der Waals surface area contributed by atoms with Crippen LogP contribution in [0.2, 0.25) is 0 Å². The summed E-state index contributed by atoms with van der Waals surface area (Å²) in [5.41, 5.74) is -0.125. The smallest absolute Gasteiger partial charge is 0.213 e. The van der Waals surface area contributed by atoms with Crippen LogP contribution in [0.15, 0.2) is 0 Å². The fraction of sp³-hybridized carbons (Fsp3) is 1.00. The lowest BCUT2D eigenvalue weighted by atomic mass is 10.1. The lowest BCUT2D eigenvalue weighted by molar-refractivity contribution is -1.15. The van der Waals surface area contributed by atoms with E-state index in [1.165, 1.54) is 0 Å². The molecule has 1 heterocycles. The first kappa shape index (κ1) is 8.97. The summed E-state index contributed by atoms with van der Waals surface area (Å²) >= 11 is 0. The number of hydroxylamine groups is 3. The molecule has 11 heavy (non-hydrogen) atoms. The van der Waals surface area contributed by atoms with Crippen LogP contribution in [0.1, 0.15) is 27.2 Å². The number of hydrogen-bond donors (Lipinski definition) is 1. The van der Waals surface area contributed by atoms with Gasteiger partial charge in [0, 0.05) is 6.42 Å². The highest BCUT2D eigenvalue weighted by molar-refractivity contribution is 4.60. The van der Waals surface area contributed by atoms with Gasteiger partial charge in [0.15, 0.2) is 0 Å². The molecule has 1 aliphatic heterocycles. The van der Waals surface area contributed by atoms with Crippen LogP contribution in [0.3, 0.4) is 0 Å². The predicted octanol–water partition coefficient (Wildman–Crippen LogP) is 1.37. The number of nitrogens with zero attached hydrogens (tertiary/aromatic N) is 1. The fourth-order valence-corrected chi connectivity index (χ4v) is 1.24. The van der Waals surface area contributed by atoms with E-state index < -0.39 is 0 Å². The minimum atomic E-state index is -0.125. The van der Waals surface area contributed by atoms with Gasteiger partial charge in [-0.2, -0.15) is 4.65 Å². The molecule has 0 saturated carbocycles. The molecule has 1 atom stereocenters. The Morgan fingerprint density at radius 2 is 2.00 bits per heavy atom. The summed E-state index contributed by atoms with van der Waals surface area (Å²) < 4.78 is 5.28. The summed E-state index contributed by atoms with van der Waals surface area (Å²) in [4.78, 5) is 0. The van der Waals surface area contributed by atoms with Crippen LogP contribution in [-0.4, -0.2) is 35.3 Å². The standard InChI is InChI=1S/C8H18NO2/c1-8(2,3)9(10)5-4-6-11-7-9/h10H,4-7H2,1-3H3/q+1/t9-/m0/s1. The molecule has 0 amide bonds. The Morgan fingerprint density at radius 1 is 1.36 bits per heavy atom. The summed E-state index contributed by atoms with van der Waals surface area (Å²) in [6, 6.07) is 0. The van der Waals surface area contributed by atoms with Crippen LogP contribution in [0.25, 0.3) is 0 Å². The Kier molecular flexibility index (Phi) is 2.23. The summed E-state index contributed by atoms with van der Waals surface area (Å²) in [5, 5.41) is 10.0. The second-order valence-electron chi connectivity index (χ2n) is 4.21. The molecule has 0 radical (unpaired) electrons. The molecule has 3 nitrogen and oxygen atoms in total. The van der Waals surface area contributed by atoms with Crippen molar-refractivity contribution in [3.8, 4) is 0 Å². The van der Waals surface area contributed by atoms with Crippen molar-refractivity contribution in [1.82, 2.24) is 0 Å². The first-order valence-corrected chi connectivity index (χ1v) is 4.13. The zero-order valence-corrected chi connectivity index (χ0v) is 7.63. The molecule has 0 aromatic rings. The van der Waals surface area contributed by atoms with Crippen molar-refractivity contribution in [1.29, 1.82) is 0 Å². The lowest BCUT2D eigenvalue weighted by Crippen LogP contribution is -2.61. The largest absolute Gasteiger partial charge is 0.329 e. The predicted molar refractivity (Wildman–Crippen MR) is 42.1 cm³/mol. The molecule has 66 valence electrons. The van der Waals surface area contributed by atoms with Crippen LogP contribution in [0.4, 0.5) is 0 Å². The minimum Gasteiger partial charge on any atom is -0.329 e. The normalized spacial score (nSPS) is 33.8. The van der Waals surface area contributed by atoms with Crippen molar-refractivity contribution in [3.05, 3.63) is 0 Å². The Bertz CT molecular complexity index is 134. The summed E-state index contributed by atoms with van der Waals surface area (Å²) in [6.45, 7) is 8.12. The Labute approximate surface area is 68.1 Å². The highest BCUT2D eigenvalue weighted by Crippen LogP contribution is 2.24. The second kappa shape index (κ2) is 2.73. The van der Waals surface area contributed by atoms with Gasteiger partial charge in [-0.05, 0) is 20.8 Å². The monoisotopic (exact) mass is 160 g/mol. The van der Waals surface area contributed by atoms with Gasteiger partial charge in [-0.1, -0.05) is 0 Å². The maximum absolute atomic E-state index is 10.0. The van der Waals surface area contributed by atoms with E-state index in [1.54, 1.807) is 0 Å². The van der Waals surface area contributed by atoms with Crippen molar-refractivity contribution in [3.63, 3.8) is 0 Å². The maximum Gasteiger partial charge on any atom is 0.213 e. The topological polar surface area (TPSA) is 29.5 Å². The van der Waals surface area contributed by atoms with Gasteiger partial charge in [-0.15, -0.1) is 0 Å². The van der Waals surface area contributed by atoms with Gasteiger partial charge in [-0.3, -0.25) is 0 Å². The number of quaternary nitrogens is 1. The zero-order chi connectivity index (χ0) is 8.54. The summed E-state index contributed by atoms with van der Waals surface area (Å²) in [6.07, 6.45) is 0.952. The van der Waals surface area contributed by atoms with Crippen LogP contribution in [-0.2, 0) is 4.74 Å². The quantitative estimate of drug-likeness (QED) is 0.542. The average Bonchev–Trinajstić information content (AvgIpc) is 1.87. The van der Waals surface area contributed by atoms with Crippen molar-refractivity contribution in [2.45, 2.75) is 32.7 Å². The molecule has 0 aromatic carbocycles. The Balaban J connectivity index is 2.64. The number of ether oxygens (including phenoxy) is 1.